The van der Waals surface area contributed by atoms with Gasteiger partial charge in [0.15, 0.2) is 5.60 Å². The van der Waals surface area contributed by atoms with E-state index >= 15 is 0 Å². The Morgan fingerprint density at radius 3 is 1.43 bits per heavy atom. The molecule has 0 aromatic carbocycles. The molecule has 0 amide bonds. The molecule has 0 aliphatic carbocycles. The smallest absolute Gasteiger partial charge is 0.339 e. The molecular formula is C24H42N2O9. The van der Waals surface area contributed by atoms with E-state index in [1.807, 2.05) is 0 Å². The van der Waals surface area contributed by atoms with E-state index in [4.69, 9.17) is 9.47 Å². The third-order valence-electron chi connectivity index (χ3n) is 7.03. The van der Waals surface area contributed by atoms with E-state index < -0.39 is 70.7 Å². The van der Waals surface area contributed by atoms with Crippen LogP contribution in [0.25, 0.3) is 0 Å². The molecular weight excluding hydrogens is 460 g/mol. The van der Waals surface area contributed by atoms with Gasteiger partial charge in [0.1, 0.15) is 12.2 Å². The highest BCUT2D eigenvalue weighted by molar-refractivity contribution is 5.89. The molecule has 2 heterocycles. The number of hydrogen-bond donors (Lipinski definition) is 4. The van der Waals surface area contributed by atoms with Crippen molar-refractivity contribution in [3.63, 3.8) is 0 Å². The van der Waals surface area contributed by atoms with Crippen molar-refractivity contribution < 1.29 is 44.5 Å². The summed E-state index contributed by atoms with van der Waals surface area (Å²) in [6.07, 6.45) is -2.11. The van der Waals surface area contributed by atoms with Crippen LogP contribution in [0.1, 0.15) is 93.9 Å². The molecule has 0 radical (unpaired) electrons. The third-order valence-corrected chi connectivity index (χ3v) is 7.03. The van der Waals surface area contributed by atoms with E-state index in [1.54, 1.807) is 55.4 Å². The Hall–Kier alpha value is -1.79. The first-order chi connectivity index (χ1) is 15.6. The average Bonchev–Trinajstić information content (AvgIpc) is 2.62. The van der Waals surface area contributed by atoms with Crippen LogP contribution in [0.15, 0.2) is 0 Å². The quantitative estimate of drug-likeness (QED) is 0.379. The van der Waals surface area contributed by atoms with Crippen molar-refractivity contribution in [2.45, 2.75) is 134 Å². The summed E-state index contributed by atoms with van der Waals surface area (Å²) in [7, 11) is 0. The molecule has 1 atom stereocenters. The van der Waals surface area contributed by atoms with Crippen molar-refractivity contribution in [1.29, 1.82) is 0 Å². The fraction of sp³-hybridized carbons (Fsp3) is 0.875. The van der Waals surface area contributed by atoms with Crippen molar-refractivity contribution >= 4 is 17.9 Å². The Kier molecular flexibility index (Phi) is 8.06. The Morgan fingerprint density at radius 1 is 0.743 bits per heavy atom. The van der Waals surface area contributed by atoms with E-state index in [1.165, 1.54) is 10.1 Å². The maximum absolute atomic E-state index is 13.0. The maximum atomic E-state index is 13.0. The second-order valence-electron chi connectivity index (χ2n) is 12.6. The number of nitrogens with zero attached hydrogens (tertiary/aromatic N) is 2. The van der Waals surface area contributed by atoms with Crippen LogP contribution in [-0.4, -0.2) is 88.6 Å². The number of aliphatic carboxylic acids is 1. The number of ether oxygens (including phenoxy) is 2. The van der Waals surface area contributed by atoms with Crippen molar-refractivity contribution in [3.8, 4) is 0 Å². The fourth-order valence-electron chi connectivity index (χ4n) is 5.71. The molecule has 11 heteroatoms. The van der Waals surface area contributed by atoms with Crippen LogP contribution < -0.4 is 0 Å². The van der Waals surface area contributed by atoms with Crippen LogP contribution in [0.2, 0.25) is 0 Å². The van der Waals surface area contributed by atoms with Gasteiger partial charge in [-0.05, 0) is 55.4 Å². The van der Waals surface area contributed by atoms with E-state index in [-0.39, 0.29) is 12.8 Å². The molecule has 0 spiro atoms. The van der Waals surface area contributed by atoms with Gasteiger partial charge in [-0.2, -0.15) is 10.1 Å². The first-order valence-corrected chi connectivity index (χ1v) is 11.9. The third kappa shape index (κ3) is 6.71. The minimum absolute atomic E-state index is 0.246. The lowest BCUT2D eigenvalue weighted by molar-refractivity contribution is -0.262. The van der Waals surface area contributed by atoms with Gasteiger partial charge in [-0.25, -0.2) is 4.79 Å². The predicted octanol–water partition coefficient (Wildman–Crippen LogP) is 2.49. The van der Waals surface area contributed by atoms with Crippen LogP contribution >= 0.6 is 0 Å². The molecule has 0 bridgehead atoms. The molecule has 2 saturated heterocycles. The van der Waals surface area contributed by atoms with Gasteiger partial charge in [-0.15, -0.1) is 0 Å². The van der Waals surface area contributed by atoms with Gasteiger partial charge >= 0.3 is 17.9 Å². The second-order valence-corrected chi connectivity index (χ2v) is 12.6. The Bertz CT molecular complexity index is 803. The topological polar surface area (TPSA) is 157 Å². The first kappa shape index (κ1) is 29.4. The van der Waals surface area contributed by atoms with Crippen molar-refractivity contribution in [2.75, 3.05) is 0 Å². The zero-order valence-electron chi connectivity index (χ0n) is 22.1. The monoisotopic (exact) mass is 502 g/mol. The van der Waals surface area contributed by atoms with Gasteiger partial charge in [-0.3, -0.25) is 9.59 Å². The van der Waals surface area contributed by atoms with E-state index in [2.05, 4.69) is 0 Å². The van der Waals surface area contributed by atoms with Gasteiger partial charge < -0.3 is 30.1 Å². The summed E-state index contributed by atoms with van der Waals surface area (Å²) in [4.78, 5) is 37.2. The maximum Gasteiger partial charge on any atom is 0.339 e. The van der Waals surface area contributed by atoms with Crippen molar-refractivity contribution in [2.24, 2.45) is 0 Å². The van der Waals surface area contributed by atoms with Crippen LogP contribution in [0.4, 0.5) is 0 Å². The highest BCUT2D eigenvalue weighted by Gasteiger charge is 2.50. The number of hydroxylamine groups is 4. The lowest BCUT2D eigenvalue weighted by atomic mass is 9.80. The summed E-state index contributed by atoms with van der Waals surface area (Å²) in [6.45, 7) is 14.3. The first-order valence-electron chi connectivity index (χ1n) is 11.9. The highest BCUT2D eigenvalue weighted by atomic mass is 16.6. The molecule has 4 N–H and O–H groups in total. The number of rotatable bonds is 7. The van der Waals surface area contributed by atoms with Crippen molar-refractivity contribution in [1.82, 2.24) is 10.1 Å². The number of carbonyl (C=O) groups is 3. The lowest BCUT2D eigenvalue weighted by Crippen LogP contribution is -2.61. The molecule has 0 saturated carbocycles. The number of aliphatic hydroxyl groups is 1. The van der Waals surface area contributed by atoms with E-state index in [9.17, 15) is 35.0 Å². The molecule has 2 aliphatic heterocycles. The number of esters is 2. The standard InChI is InChI=1S/C24H42N2O9/c1-20(2)9-15(10-21(3,4)25(20)32)34-18(29)14-24(31,13-17(27)28)19(30)35-16-11-22(5,6)26(33)23(7,8)12-16/h15-16,31-33H,9-14H2,1-8H3,(H,27,28). The number of carboxylic acid groups (broad SMARTS) is 1. The summed E-state index contributed by atoms with van der Waals surface area (Å²) >= 11 is 0. The summed E-state index contributed by atoms with van der Waals surface area (Å²) < 4.78 is 11.0. The summed E-state index contributed by atoms with van der Waals surface area (Å²) in [5, 5.41) is 43.6. The summed E-state index contributed by atoms with van der Waals surface area (Å²) in [6, 6.07) is 0. The molecule has 1 unspecified atom stereocenters. The highest BCUT2D eigenvalue weighted by Crippen LogP contribution is 2.40. The summed E-state index contributed by atoms with van der Waals surface area (Å²) in [5.41, 5.74) is -5.47. The van der Waals surface area contributed by atoms with Crippen LogP contribution in [0, 0.1) is 0 Å². The molecule has 35 heavy (non-hydrogen) atoms. The number of carboxylic acids is 1. The molecule has 0 aromatic rings. The van der Waals surface area contributed by atoms with Crippen molar-refractivity contribution in [3.05, 3.63) is 0 Å². The largest absolute Gasteiger partial charge is 0.481 e. The molecule has 2 aliphatic rings. The van der Waals surface area contributed by atoms with Crippen LogP contribution in [0.3, 0.4) is 0 Å². The van der Waals surface area contributed by atoms with Gasteiger partial charge in [0, 0.05) is 47.8 Å². The summed E-state index contributed by atoms with van der Waals surface area (Å²) in [5.74, 6) is -3.62. The molecule has 11 nitrogen and oxygen atoms in total. The van der Waals surface area contributed by atoms with Gasteiger partial charge in [0.2, 0.25) is 0 Å². The second kappa shape index (κ2) is 9.59. The minimum Gasteiger partial charge on any atom is -0.481 e. The molecule has 2 fully saturated rings. The van der Waals surface area contributed by atoms with Gasteiger partial charge in [0.25, 0.3) is 0 Å². The normalized spacial score (nSPS) is 26.5. The molecule has 202 valence electrons. The number of carbonyl (C=O) groups excluding carboxylic acids is 2. The van der Waals surface area contributed by atoms with Gasteiger partial charge in [-0.1, -0.05) is 0 Å². The van der Waals surface area contributed by atoms with Gasteiger partial charge in [0.05, 0.1) is 12.8 Å². The van der Waals surface area contributed by atoms with E-state index in [0.717, 1.165) is 0 Å². The average molecular weight is 503 g/mol. The number of piperidine rings is 2. The van der Waals surface area contributed by atoms with Crippen LogP contribution in [0.5, 0.6) is 0 Å². The zero-order valence-corrected chi connectivity index (χ0v) is 22.1. The molecule has 0 aromatic heterocycles. The lowest BCUT2D eigenvalue weighted by Gasteiger charge is -2.51. The zero-order chi connectivity index (χ0) is 27.2. The Labute approximate surface area is 206 Å². The fourth-order valence-corrected chi connectivity index (χ4v) is 5.71. The predicted molar refractivity (Wildman–Crippen MR) is 124 cm³/mol. The Balaban J connectivity index is 2.14. The van der Waals surface area contributed by atoms with E-state index in [0.29, 0.717) is 12.8 Å². The minimum atomic E-state index is -2.61. The Morgan fingerprint density at radius 2 is 1.09 bits per heavy atom. The van der Waals surface area contributed by atoms with Crippen LogP contribution in [-0.2, 0) is 23.9 Å². The number of hydrogen-bond acceptors (Lipinski definition) is 10. The SMILES string of the molecule is CC1(C)CC(OC(=O)CC(O)(CC(=O)O)C(=O)OC2CC(C)(C)N(O)C(C)(C)C2)CC(C)(C)N1O. The molecule has 2 rings (SSSR count).